The molecule has 0 spiro atoms. The first-order valence-electron chi connectivity index (χ1n) is 5.28. The molecule has 0 fully saturated rings. The largest absolute Gasteiger partial charge is 0.478 e. The van der Waals surface area contributed by atoms with Crippen LogP contribution in [0.5, 0.6) is 0 Å². The number of carbonyl (C=O) groups is 1. The Morgan fingerprint density at radius 1 is 1.31 bits per heavy atom. The highest BCUT2D eigenvalue weighted by Crippen LogP contribution is 2.29. The summed E-state index contributed by atoms with van der Waals surface area (Å²) in [6.45, 7) is 2.12. The van der Waals surface area contributed by atoms with Crippen molar-refractivity contribution in [1.82, 2.24) is 0 Å². The van der Waals surface area contributed by atoms with Crippen LogP contribution < -0.4 is 0 Å². The number of hydrogen-bond acceptors (Lipinski definition) is 1. The van der Waals surface area contributed by atoms with Gasteiger partial charge in [-0.05, 0) is 24.5 Å². The van der Waals surface area contributed by atoms with Gasteiger partial charge in [-0.25, -0.2) is 4.79 Å². The Kier molecular flexibility index (Phi) is 5.10. The second kappa shape index (κ2) is 6.12. The number of aryl methyl sites for hydroxylation is 1. The summed E-state index contributed by atoms with van der Waals surface area (Å²) < 4.78 is 0. The van der Waals surface area contributed by atoms with E-state index in [0.29, 0.717) is 0 Å². The predicted octanol–water partition coefficient (Wildman–Crippen LogP) is 4.42. The third kappa shape index (κ3) is 3.13. The van der Waals surface area contributed by atoms with Crippen molar-refractivity contribution in [3.8, 4) is 0 Å². The fourth-order valence-electron chi connectivity index (χ4n) is 1.55. The van der Waals surface area contributed by atoms with Crippen LogP contribution in [0.1, 0.15) is 42.1 Å². The van der Waals surface area contributed by atoms with E-state index in [0.717, 1.165) is 31.2 Å². The second-order valence-electron chi connectivity index (χ2n) is 3.66. The van der Waals surface area contributed by atoms with Gasteiger partial charge in [-0.1, -0.05) is 49.0 Å². The number of hydrogen-bond donors (Lipinski definition) is 1. The fraction of sp³-hybridized carbons (Fsp3) is 0.417. The Bertz CT molecular complexity index is 389. The van der Waals surface area contributed by atoms with E-state index in [1.165, 1.54) is 0 Å². The molecule has 0 aliphatic carbocycles. The zero-order valence-corrected chi connectivity index (χ0v) is 10.6. The van der Waals surface area contributed by atoms with Crippen molar-refractivity contribution in [2.24, 2.45) is 0 Å². The maximum Gasteiger partial charge on any atom is 0.338 e. The summed E-state index contributed by atoms with van der Waals surface area (Å²) in [5, 5.41) is 9.44. The highest BCUT2D eigenvalue weighted by atomic mass is 35.5. The van der Waals surface area contributed by atoms with Crippen LogP contribution in [-0.2, 0) is 6.42 Å². The van der Waals surface area contributed by atoms with Gasteiger partial charge in [0.15, 0.2) is 0 Å². The molecule has 0 atom stereocenters. The summed E-state index contributed by atoms with van der Waals surface area (Å²) in [6, 6.07) is 3.39. The SMILES string of the molecule is CCCCCc1ccc(Cl)c(C(=O)O)c1Cl. The molecule has 0 aliphatic rings. The summed E-state index contributed by atoms with van der Waals surface area (Å²) in [7, 11) is 0. The zero-order chi connectivity index (χ0) is 12.1. The lowest BCUT2D eigenvalue weighted by molar-refractivity contribution is 0.0697. The monoisotopic (exact) mass is 260 g/mol. The average Bonchev–Trinajstić information content (AvgIpc) is 2.21. The van der Waals surface area contributed by atoms with Gasteiger partial charge >= 0.3 is 5.97 Å². The number of benzene rings is 1. The smallest absolute Gasteiger partial charge is 0.338 e. The summed E-state index contributed by atoms with van der Waals surface area (Å²) in [4.78, 5) is 11.0. The summed E-state index contributed by atoms with van der Waals surface area (Å²) in [5.41, 5.74) is 0.870. The molecule has 0 radical (unpaired) electrons. The first-order chi connectivity index (χ1) is 7.57. The van der Waals surface area contributed by atoms with Crippen LogP contribution >= 0.6 is 23.2 Å². The van der Waals surface area contributed by atoms with E-state index >= 15 is 0 Å². The van der Waals surface area contributed by atoms with E-state index in [2.05, 4.69) is 6.92 Å². The van der Waals surface area contributed by atoms with Crippen LogP contribution in [0.2, 0.25) is 10.0 Å². The van der Waals surface area contributed by atoms with Gasteiger partial charge in [-0.3, -0.25) is 0 Å². The molecule has 88 valence electrons. The van der Waals surface area contributed by atoms with Crippen LogP contribution in [0.25, 0.3) is 0 Å². The Morgan fingerprint density at radius 2 is 2.00 bits per heavy atom. The van der Waals surface area contributed by atoms with Gasteiger partial charge in [-0.15, -0.1) is 0 Å². The van der Waals surface area contributed by atoms with Crippen LogP contribution in [0, 0.1) is 0 Å². The van der Waals surface area contributed by atoms with Crippen LogP contribution in [0.4, 0.5) is 0 Å². The molecule has 2 nitrogen and oxygen atoms in total. The standard InChI is InChI=1S/C12H14Cl2O2/c1-2-3-4-5-8-6-7-9(13)10(11(8)14)12(15)16/h6-7H,2-5H2,1H3,(H,15,16). The highest BCUT2D eigenvalue weighted by Gasteiger charge is 2.16. The zero-order valence-electron chi connectivity index (χ0n) is 9.09. The van der Waals surface area contributed by atoms with Crippen molar-refractivity contribution >= 4 is 29.2 Å². The Hall–Kier alpha value is -0.730. The quantitative estimate of drug-likeness (QED) is 0.796. The average molecular weight is 261 g/mol. The maximum absolute atomic E-state index is 11.0. The minimum Gasteiger partial charge on any atom is -0.478 e. The summed E-state index contributed by atoms with van der Waals surface area (Å²) >= 11 is 11.8. The first-order valence-corrected chi connectivity index (χ1v) is 6.03. The molecule has 16 heavy (non-hydrogen) atoms. The third-order valence-corrected chi connectivity index (χ3v) is 3.18. The lowest BCUT2D eigenvalue weighted by Crippen LogP contribution is -2.01. The molecule has 0 heterocycles. The van der Waals surface area contributed by atoms with Gasteiger partial charge in [0, 0.05) is 0 Å². The number of halogens is 2. The van der Waals surface area contributed by atoms with E-state index in [9.17, 15) is 4.79 Å². The number of rotatable bonds is 5. The molecular weight excluding hydrogens is 247 g/mol. The number of unbranched alkanes of at least 4 members (excludes halogenated alkanes) is 2. The minimum absolute atomic E-state index is 0.0114. The molecule has 1 N–H and O–H groups in total. The predicted molar refractivity (Wildman–Crippen MR) is 66.7 cm³/mol. The van der Waals surface area contributed by atoms with E-state index in [1.54, 1.807) is 12.1 Å². The third-order valence-electron chi connectivity index (χ3n) is 2.43. The number of aromatic carboxylic acids is 1. The molecule has 4 heteroatoms. The summed E-state index contributed by atoms with van der Waals surface area (Å²) in [6.07, 6.45) is 4.04. The maximum atomic E-state index is 11.0. The Morgan fingerprint density at radius 3 is 2.56 bits per heavy atom. The van der Waals surface area contributed by atoms with Crippen LogP contribution in [0.3, 0.4) is 0 Å². The number of carboxylic acid groups (broad SMARTS) is 1. The van der Waals surface area contributed by atoms with Crippen LogP contribution in [0.15, 0.2) is 12.1 Å². The van der Waals surface area contributed by atoms with Gasteiger partial charge in [0.2, 0.25) is 0 Å². The normalized spacial score (nSPS) is 10.4. The molecule has 0 unspecified atom stereocenters. The topological polar surface area (TPSA) is 37.3 Å². The van der Waals surface area contributed by atoms with Crippen molar-refractivity contribution in [2.75, 3.05) is 0 Å². The Labute approximate surface area is 105 Å². The molecule has 0 saturated heterocycles. The van der Waals surface area contributed by atoms with Crippen molar-refractivity contribution < 1.29 is 9.90 Å². The fourth-order valence-corrected chi connectivity index (χ4v) is 2.18. The van der Waals surface area contributed by atoms with Gasteiger partial charge in [0.1, 0.15) is 0 Å². The molecule has 0 bridgehead atoms. The Balaban J connectivity index is 2.95. The molecule has 1 aromatic carbocycles. The summed E-state index contributed by atoms with van der Waals surface area (Å²) in [5.74, 6) is -1.08. The lowest BCUT2D eigenvalue weighted by atomic mass is 10.0. The molecule has 1 rings (SSSR count). The molecule has 0 amide bonds. The van der Waals surface area contributed by atoms with E-state index in [4.69, 9.17) is 28.3 Å². The van der Waals surface area contributed by atoms with Crippen molar-refractivity contribution in [3.05, 3.63) is 33.3 Å². The van der Waals surface area contributed by atoms with Crippen molar-refractivity contribution in [2.45, 2.75) is 32.6 Å². The minimum atomic E-state index is -1.08. The molecule has 0 aliphatic heterocycles. The van der Waals surface area contributed by atoms with Gasteiger partial charge in [0.05, 0.1) is 15.6 Å². The van der Waals surface area contributed by atoms with Gasteiger partial charge in [0.25, 0.3) is 0 Å². The molecular formula is C12H14Cl2O2. The van der Waals surface area contributed by atoms with Crippen molar-refractivity contribution in [3.63, 3.8) is 0 Å². The molecule has 1 aromatic rings. The molecule has 0 saturated carbocycles. The van der Waals surface area contributed by atoms with E-state index in [-0.39, 0.29) is 15.6 Å². The second-order valence-corrected chi connectivity index (χ2v) is 4.44. The first kappa shape index (κ1) is 13.3. The highest BCUT2D eigenvalue weighted by molar-refractivity contribution is 6.39. The van der Waals surface area contributed by atoms with E-state index < -0.39 is 5.97 Å². The van der Waals surface area contributed by atoms with Gasteiger partial charge in [-0.2, -0.15) is 0 Å². The lowest BCUT2D eigenvalue weighted by Gasteiger charge is -2.08. The van der Waals surface area contributed by atoms with Crippen molar-refractivity contribution in [1.29, 1.82) is 0 Å². The van der Waals surface area contributed by atoms with Gasteiger partial charge < -0.3 is 5.11 Å². The number of carboxylic acids is 1. The molecule has 0 aromatic heterocycles. The van der Waals surface area contributed by atoms with Crippen LogP contribution in [-0.4, -0.2) is 11.1 Å². The van der Waals surface area contributed by atoms with E-state index in [1.807, 2.05) is 0 Å².